The first kappa shape index (κ1) is 16.1. The molecule has 0 fully saturated rings. The summed E-state index contributed by atoms with van der Waals surface area (Å²) in [6, 6.07) is 0. The van der Waals surface area contributed by atoms with Crippen LogP contribution in [0.15, 0.2) is 12.2 Å². The van der Waals surface area contributed by atoms with Crippen molar-refractivity contribution in [2.45, 2.75) is 6.92 Å². The molecular weight excluding hydrogens is 207 g/mol. The Morgan fingerprint density at radius 2 is 1.93 bits per heavy atom. The number of rotatable bonds is 5. The summed E-state index contributed by atoms with van der Waals surface area (Å²) in [7, 11) is -4.71. The zero-order valence-electron chi connectivity index (χ0n) is 7.98. The van der Waals surface area contributed by atoms with E-state index in [-0.39, 0.29) is 31.0 Å². The summed E-state index contributed by atoms with van der Waals surface area (Å²) in [5, 5.41) is 0. The van der Waals surface area contributed by atoms with E-state index in [0.29, 0.717) is 0 Å². The van der Waals surface area contributed by atoms with Gasteiger partial charge in [-0.3, -0.25) is 4.18 Å². The van der Waals surface area contributed by atoms with Gasteiger partial charge in [0.05, 0.1) is 6.61 Å². The second-order valence-corrected chi connectivity index (χ2v) is 3.20. The molecule has 0 unspecified atom stereocenters. The molecule has 0 spiro atoms. The van der Waals surface area contributed by atoms with Crippen LogP contribution in [0.4, 0.5) is 0 Å². The van der Waals surface area contributed by atoms with Crippen molar-refractivity contribution in [1.29, 1.82) is 0 Å². The first-order valence-corrected chi connectivity index (χ1v) is 4.59. The minimum Gasteiger partial charge on any atom is -0.726 e. The molecule has 0 saturated carbocycles. The molecular formula is C6H9LiO6S. The molecule has 0 aromatic rings. The van der Waals surface area contributed by atoms with E-state index < -0.39 is 23.0 Å². The molecule has 0 rings (SSSR count). The van der Waals surface area contributed by atoms with Gasteiger partial charge in [-0.05, 0) is 6.92 Å². The van der Waals surface area contributed by atoms with Crippen molar-refractivity contribution in [3.8, 4) is 0 Å². The van der Waals surface area contributed by atoms with Gasteiger partial charge in [-0.15, -0.1) is 0 Å². The number of carbonyl (C=O) groups excluding carboxylic acids is 1. The number of esters is 1. The van der Waals surface area contributed by atoms with Crippen molar-refractivity contribution in [1.82, 2.24) is 0 Å². The zero-order valence-corrected chi connectivity index (χ0v) is 8.80. The van der Waals surface area contributed by atoms with Gasteiger partial charge in [0.15, 0.2) is 0 Å². The molecule has 0 aliphatic heterocycles. The third-order valence-electron chi connectivity index (χ3n) is 0.893. The largest absolute Gasteiger partial charge is 1.00 e. The summed E-state index contributed by atoms with van der Waals surface area (Å²) in [5.41, 5.74) is 0.185. The minimum absolute atomic E-state index is 0. The number of hydrogen-bond donors (Lipinski definition) is 0. The van der Waals surface area contributed by atoms with E-state index in [1.807, 2.05) is 0 Å². The molecule has 0 aromatic carbocycles. The molecule has 6 nitrogen and oxygen atoms in total. The average molecular weight is 216 g/mol. The van der Waals surface area contributed by atoms with E-state index in [1.165, 1.54) is 6.92 Å². The second kappa shape index (κ2) is 7.03. The third-order valence-corrected chi connectivity index (χ3v) is 1.35. The van der Waals surface area contributed by atoms with Crippen LogP contribution in [0.5, 0.6) is 0 Å². The predicted octanol–water partition coefficient (Wildman–Crippen LogP) is -3.41. The Labute approximate surface area is 94.4 Å². The standard InChI is InChI=1S/C6H10O6S.Li/c1-5(2)6(7)11-3-4-12-13(8,9)10;/h1,3-4H2,2H3,(H,8,9,10);/q;+1/p-1. The number of carbonyl (C=O) groups is 1. The molecule has 0 amide bonds. The second-order valence-electron chi connectivity index (χ2n) is 2.15. The van der Waals surface area contributed by atoms with E-state index in [0.717, 1.165) is 0 Å². The van der Waals surface area contributed by atoms with Crippen LogP contribution < -0.4 is 18.9 Å². The molecule has 76 valence electrons. The average Bonchev–Trinajstić information content (AvgIpc) is 1.95. The molecule has 0 N–H and O–H groups in total. The molecule has 0 aromatic heterocycles. The Morgan fingerprint density at radius 1 is 1.43 bits per heavy atom. The summed E-state index contributed by atoms with van der Waals surface area (Å²) in [4.78, 5) is 10.7. The van der Waals surface area contributed by atoms with Crippen LogP contribution in [-0.4, -0.2) is 32.2 Å². The van der Waals surface area contributed by atoms with Crippen LogP contribution in [0.25, 0.3) is 0 Å². The zero-order chi connectivity index (χ0) is 10.5. The van der Waals surface area contributed by atoms with Gasteiger partial charge < -0.3 is 9.29 Å². The maximum atomic E-state index is 10.7. The van der Waals surface area contributed by atoms with Crippen molar-refractivity contribution < 1.29 is 45.5 Å². The van der Waals surface area contributed by atoms with Crippen LogP contribution in [-0.2, 0) is 24.1 Å². The van der Waals surface area contributed by atoms with Gasteiger partial charge in [0.2, 0.25) is 10.4 Å². The van der Waals surface area contributed by atoms with Crippen LogP contribution in [0.1, 0.15) is 6.92 Å². The molecule has 0 aliphatic carbocycles. The summed E-state index contributed by atoms with van der Waals surface area (Å²) in [6.45, 7) is 3.95. The summed E-state index contributed by atoms with van der Waals surface area (Å²) in [6.07, 6.45) is 0. The van der Waals surface area contributed by atoms with Crippen molar-refractivity contribution in [3.05, 3.63) is 12.2 Å². The first-order chi connectivity index (χ1) is 5.83. The maximum Gasteiger partial charge on any atom is 1.00 e. The fourth-order valence-electron chi connectivity index (χ4n) is 0.394. The Balaban J connectivity index is 0. The Hall–Kier alpha value is -0.323. The molecule has 8 heteroatoms. The van der Waals surface area contributed by atoms with Gasteiger partial charge in [0.1, 0.15) is 6.61 Å². The van der Waals surface area contributed by atoms with Gasteiger partial charge in [-0.25, -0.2) is 13.2 Å². The van der Waals surface area contributed by atoms with Crippen molar-refractivity contribution in [2.24, 2.45) is 0 Å². The van der Waals surface area contributed by atoms with Gasteiger partial charge in [0.25, 0.3) is 0 Å². The molecule has 0 radical (unpaired) electrons. The van der Waals surface area contributed by atoms with Crippen LogP contribution in [0.3, 0.4) is 0 Å². The van der Waals surface area contributed by atoms with Gasteiger partial charge >= 0.3 is 24.8 Å². The van der Waals surface area contributed by atoms with Crippen molar-refractivity contribution in [3.63, 3.8) is 0 Å². The molecule has 0 saturated heterocycles. The summed E-state index contributed by atoms with van der Waals surface area (Å²) < 4.78 is 37.8. The van der Waals surface area contributed by atoms with E-state index in [4.69, 9.17) is 0 Å². The monoisotopic (exact) mass is 216 g/mol. The van der Waals surface area contributed by atoms with Crippen LogP contribution >= 0.6 is 0 Å². The predicted molar refractivity (Wildman–Crippen MR) is 41.4 cm³/mol. The SMILES string of the molecule is C=C(C)C(=O)OCCOS(=O)(=O)[O-].[Li+]. The first-order valence-electron chi connectivity index (χ1n) is 3.26. The normalized spacial score (nSPS) is 10.1. The molecule has 0 atom stereocenters. The minimum atomic E-state index is -4.71. The van der Waals surface area contributed by atoms with Gasteiger partial charge in [-0.2, -0.15) is 0 Å². The van der Waals surface area contributed by atoms with Gasteiger partial charge in [-0.1, -0.05) is 6.58 Å². The van der Waals surface area contributed by atoms with Gasteiger partial charge in [0, 0.05) is 5.57 Å². The Bertz CT molecular complexity index is 295. The topological polar surface area (TPSA) is 92.7 Å². The smallest absolute Gasteiger partial charge is 0.726 e. The van der Waals surface area contributed by atoms with Crippen LogP contribution in [0, 0.1) is 0 Å². The van der Waals surface area contributed by atoms with Crippen molar-refractivity contribution in [2.75, 3.05) is 13.2 Å². The van der Waals surface area contributed by atoms with E-state index in [1.54, 1.807) is 0 Å². The Morgan fingerprint density at radius 3 is 2.29 bits per heavy atom. The number of ether oxygens (including phenoxy) is 1. The fraction of sp³-hybridized carbons (Fsp3) is 0.500. The van der Waals surface area contributed by atoms with E-state index in [9.17, 15) is 17.8 Å². The molecule has 0 aliphatic rings. The van der Waals surface area contributed by atoms with E-state index in [2.05, 4.69) is 15.5 Å². The fourth-order valence-corrected chi connectivity index (χ4v) is 0.666. The Kier molecular flexibility index (Phi) is 8.10. The maximum absolute atomic E-state index is 10.7. The van der Waals surface area contributed by atoms with Crippen molar-refractivity contribution >= 4 is 16.4 Å². The third kappa shape index (κ3) is 9.76. The summed E-state index contributed by atoms with van der Waals surface area (Å²) in [5.74, 6) is -0.660. The molecule has 14 heavy (non-hydrogen) atoms. The summed E-state index contributed by atoms with van der Waals surface area (Å²) >= 11 is 0. The van der Waals surface area contributed by atoms with Crippen LogP contribution in [0.2, 0.25) is 0 Å². The molecule has 0 bridgehead atoms. The van der Waals surface area contributed by atoms with E-state index >= 15 is 0 Å². The molecule has 0 heterocycles. The quantitative estimate of drug-likeness (QED) is 0.119. The number of hydrogen-bond acceptors (Lipinski definition) is 6.